The third-order valence-corrected chi connectivity index (χ3v) is 3.59. The van der Waals surface area contributed by atoms with Crippen molar-refractivity contribution in [3.8, 4) is 5.75 Å². The molecule has 0 aliphatic carbocycles. The Morgan fingerprint density at radius 1 is 1.42 bits per heavy atom. The van der Waals surface area contributed by atoms with Crippen molar-refractivity contribution >= 4 is 0 Å². The van der Waals surface area contributed by atoms with Crippen LogP contribution in [0.5, 0.6) is 5.75 Å². The van der Waals surface area contributed by atoms with E-state index in [0.717, 1.165) is 31.9 Å². The Labute approximate surface area is 116 Å². The minimum atomic E-state index is 0.263. The topological polar surface area (TPSA) is 30.5 Å². The van der Waals surface area contributed by atoms with E-state index in [2.05, 4.69) is 37.4 Å². The van der Waals surface area contributed by atoms with E-state index in [4.69, 9.17) is 9.47 Å². The zero-order valence-corrected chi connectivity index (χ0v) is 12.0. The molecule has 1 saturated heterocycles. The van der Waals surface area contributed by atoms with Gasteiger partial charge in [-0.25, -0.2) is 0 Å². The number of ether oxygens (including phenoxy) is 2. The van der Waals surface area contributed by atoms with Crippen LogP contribution >= 0.6 is 0 Å². The van der Waals surface area contributed by atoms with Crippen LogP contribution in [0.4, 0.5) is 0 Å². The lowest BCUT2D eigenvalue weighted by atomic mass is 10.2. The maximum atomic E-state index is 5.95. The molecule has 2 rings (SSSR count). The largest absolute Gasteiger partial charge is 0.490 e. The van der Waals surface area contributed by atoms with Gasteiger partial charge in [-0.1, -0.05) is 25.1 Å². The van der Waals surface area contributed by atoms with Crippen molar-refractivity contribution in [3.05, 3.63) is 29.8 Å². The number of para-hydroxylation sites is 1. The number of hydrogen-bond donors (Lipinski definition) is 1. The van der Waals surface area contributed by atoms with Crippen LogP contribution in [0.1, 0.15) is 38.7 Å². The van der Waals surface area contributed by atoms with Crippen LogP contribution in [0.3, 0.4) is 0 Å². The second-order valence-corrected chi connectivity index (χ2v) is 5.21. The van der Waals surface area contributed by atoms with Crippen LogP contribution in [0.2, 0.25) is 0 Å². The molecule has 0 spiro atoms. The fraction of sp³-hybridized carbons (Fsp3) is 0.625. The molecule has 19 heavy (non-hydrogen) atoms. The van der Waals surface area contributed by atoms with Gasteiger partial charge in [-0.3, -0.25) is 0 Å². The summed E-state index contributed by atoms with van der Waals surface area (Å²) in [7, 11) is 0. The summed E-state index contributed by atoms with van der Waals surface area (Å²) in [4.78, 5) is 0. The second kappa shape index (κ2) is 7.51. The van der Waals surface area contributed by atoms with E-state index in [-0.39, 0.29) is 6.10 Å². The summed E-state index contributed by atoms with van der Waals surface area (Å²) in [6.07, 6.45) is 4.05. The SMILES string of the molecule is CC[C@@H](C)Oc1ccccc1CNC[C@@H]1CCCO1. The number of rotatable bonds is 7. The van der Waals surface area contributed by atoms with Crippen LogP contribution < -0.4 is 10.1 Å². The Kier molecular flexibility index (Phi) is 5.67. The zero-order valence-electron chi connectivity index (χ0n) is 12.0. The standard InChI is InChI=1S/C16H25NO2/c1-3-13(2)19-16-9-5-4-7-14(16)11-17-12-15-8-6-10-18-15/h4-5,7,9,13,15,17H,3,6,8,10-12H2,1-2H3/t13-,15+/m1/s1. The third-order valence-electron chi connectivity index (χ3n) is 3.59. The van der Waals surface area contributed by atoms with E-state index in [0.29, 0.717) is 6.10 Å². The summed E-state index contributed by atoms with van der Waals surface area (Å²) >= 11 is 0. The molecule has 3 heteroatoms. The molecule has 1 aliphatic heterocycles. The van der Waals surface area contributed by atoms with Gasteiger partial charge in [0.05, 0.1) is 12.2 Å². The fourth-order valence-corrected chi connectivity index (χ4v) is 2.24. The second-order valence-electron chi connectivity index (χ2n) is 5.21. The van der Waals surface area contributed by atoms with E-state index < -0.39 is 0 Å². The van der Waals surface area contributed by atoms with E-state index in [1.54, 1.807) is 0 Å². The minimum Gasteiger partial charge on any atom is -0.490 e. The van der Waals surface area contributed by atoms with Gasteiger partial charge in [0.15, 0.2) is 0 Å². The summed E-state index contributed by atoms with van der Waals surface area (Å²) < 4.78 is 11.6. The number of benzene rings is 1. The van der Waals surface area contributed by atoms with E-state index >= 15 is 0 Å². The monoisotopic (exact) mass is 263 g/mol. The van der Waals surface area contributed by atoms with E-state index in [9.17, 15) is 0 Å². The van der Waals surface area contributed by atoms with Crippen molar-refractivity contribution in [2.45, 2.75) is 51.9 Å². The molecule has 0 saturated carbocycles. The summed E-state index contributed by atoms with van der Waals surface area (Å²) in [6, 6.07) is 8.27. The fourth-order valence-electron chi connectivity index (χ4n) is 2.24. The first-order valence-electron chi connectivity index (χ1n) is 7.36. The van der Waals surface area contributed by atoms with Crippen molar-refractivity contribution in [1.29, 1.82) is 0 Å². The van der Waals surface area contributed by atoms with E-state index in [1.165, 1.54) is 18.4 Å². The highest BCUT2D eigenvalue weighted by Gasteiger charge is 2.15. The highest BCUT2D eigenvalue weighted by Crippen LogP contribution is 2.20. The van der Waals surface area contributed by atoms with Gasteiger partial charge >= 0.3 is 0 Å². The summed E-state index contributed by atoms with van der Waals surface area (Å²) in [5.41, 5.74) is 1.22. The van der Waals surface area contributed by atoms with Gasteiger partial charge < -0.3 is 14.8 Å². The molecule has 1 N–H and O–H groups in total. The highest BCUT2D eigenvalue weighted by atomic mass is 16.5. The van der Waals surface area contributed by atoms with Gasteiger partial charge in [-0.2, -0.15) is 0 Å². The normalized spacial score (nSPS) is 20.4. The Hall–Kier alpha value is -1.06. The first kappa shape index (κ1) is 14.4. The summed E-state index contributed by atoms with van der Waals surface area (Å²) in [5.74, 6) is 0.997. The van der Waals surface area contributed by atoms with Crippen LogP contribution in [-0.4, -0.2) is 25.4 Å². The molecular weight excluding hydrogens is 238 g/mol. The Balaban J connectivity index is 1.84. The Bertz CT molecular complexity index is 375. The van der Waals surface area contributed by atoms with Crippen molar-refractivity contribution in [2.24, 2.45) is 0 Å². The quantitative estimate of drug-likeness (QED) is 0.820. The lowest BCUT2D eigenvalue weighted by molar-refractivity contribution is 0.110. The maximum absolute atomic E-state index is 5.95. The van der Waals surface area contributed by atoms with Gasteiger partial charge in [-0.05, 0) is 32.3 Å². The van der Waals surface area contributed by atoms with Crippen LogP contribution in [0, 0.1) is 0 Å². The molecule has 1 aliphatic rings. The summed E-state index contributed by atoms with van der Waals surface area (Å²) in [6.45, 7) is 6.93. The van der Waals surface area contributed by atoms with E-state index in [1.807, 2.05) is 6.07 Å². The predicted octanol–water partition coefficient (Wildman–Crippen LogP) is 3.13. The molecular formula is C16H25NO2. The molecule has 1 fully saturated rings. The smallest absolute Gasteiger partial charge is 0.124 e. The lowest BCUT2D eigenvalue weighted by Crippen LogP contribution is -2.26. The molecule has 0 amide bonds. The molecule has 1 heterocycles. The van der Waals surface area contributed by atoms with Gasteiger partial charge in [0.1, 0.15) is 5.75 Å². The number of hydrogen-bond acceptors (Lipinski definition) is 3. The van der Waals surface area contributed by atoms with Crippen molar-refractivity contribution in [1.82, 2.24) is 5.32 Å². The van der Waals surface area contributed by atoms with Crippen molar-refractivity contribution in [2.75, 3.05) is 13.2 Å². The average molecular weight is 263 g/mol. The van der Waals surface area contributed by atoms with Gasteiger partial charge in [0.2, 0.25) is 0 Å². The molecule has 2 atom stereocenters. The van der Waals surface area contributed by atoms with Crippen molar-refractivity contribution < 1.29 is 9.47 Å². The minimum absolute atomic E-state index is 0.263. The lowest BCUT2D eigenvalue weighted by Gasteiger charge is -2.17. The number of nitrogens with one attached hydrogen (secondary N) is 1. The van der Waals surface area contributed by atoms with Gasteiger partial charge in [-0.15, -0.1) is 0 Å². The molecule has 1 aromatic carbocycles. The van der Waals surface area contributed by atoms with Crippen LogP contribution in [0.15, 0.2) is 24.3 Å². The molecule has 0 bridgehead atoms. The van der Waals surface area contributed by atoms with Gasteiger partial charge in [0, 0.05) is 25.3 Å². The van der Waals surface area contributed by atoms with Crippen LogP contribution in [0.25, 0.3) is 0 Å². The van der Waals surface area contributed by atoms with Crippen LogP contribution in [-0.2, 0) is 11.3 Å². The summed E-state index contributed by atoms with van der Waals surface area (Å²) in [5, 5.41) is 3.47. The van der Waals surface area contributed by atoms with Gasteiger partial charge in [0.25, 0.3) is 0 Å². The zero-order chi connectivity index (χ0) is 13.5. The third kappa shape index (κ3) is 4.51. The molecule has 106 valence electrons. The Morgan fingerprint density at radius 3 is 3.00 bits per heavy atom. The first-order valence-corrected chi connectivity index (χ1v) is 7.36. The molecule has 3 nitrogen and oxygen atoms in total. The first-order chi connectivity index (χ1) is 9.29. The maximum Gasteiger partial charge on any atom is 0.124 e. The van der Waals surface area contributed by atoms with Crippen molar-refractivity contribution in [3.63, 3.8) is 0 Å². The molecule has 1 aromatic rings. The Morgan fingerprint density at radius 2 is 2.26 bits per heavy atom. The highest BCUT2D eigenvalue weighted by molar-refractivity contribution is 5.33. The molecule has 0 radical (unpaired) electrons. The average Bonchev–Trinajstić information content (AvgIpc) is 2.94. The predicted molar refractivity (Wildman–Crippen MR) is 77.5 cm³/mol. The molecule has 0 unspecified atom stereocenters. The molecule has 0 aromatic heterocycles.